The van der Waals surface area contributed by atoms with E-state index in [9.17, 15) is 18.0 Å². The van der Waals surface area contributed by atoms with Gasteiger partial charge in [-0.25, -0.2) is 18.2 Å². The van der Waals surface area contributed by atoms with E-state index in [0.717, 1.165) is 0 Å². The van der Waals surface area contributed by atoms with Crippen LogP contribution in [0.5, 0.6) is 0 Å². The van der Waals surface area contributed by atoms with Crippen LogP contribution in [0.15, 0.2) is 6.07 Å². The molecule has 1 rings (SSSR count). The van der Waals surface area contributed by atoms with Gasteiger partial charge in [0.1, 0.15) is 22.9 Å². The zero-order chi connectivity index (χ0) is 10.9. The molecule has 7 heteroatoms. The number of hydrogen-bond acceptors (Lipinski definition) is 3. The highest BCUT2D eigenvalue weighted by molar-refractivity contribution is 5.94. The maximum atomic E-state index is 13.0. The molecule has 4 nitrogen and oxygen atoms in total. The molecule has 1 amide bonds. The van der Waals surface area contributed by atoms with Gasteiger partial charge in [-0.05, 0) is 0 Å². The lowest BCUT2D eigenvalue weighted by Crippen LogP contribution is -2.18. The van der Waals surface area contributed by atoms with Gasteiger partial charge in [-0.2, -0.15) is 0 Å². The zero-order valence-electron chi connectivity index (χ0n) is 6.80. The average molecular weight is 205 g/mol. The van der Waals surface area contributed by atoms with Crippen molar-refractivity contribution < 1.29 is 18.0 Å². The molecule has 0 saturated carbocycles. The zero-order valence-corrected chi connectivity index (χ0v) is 6.80. The van der Waals surface area contributed by atoms with Gasteiger partial charge in [0.25, 0.3) is 12.3 Å². The summed E-state index contributed by atoms with van der Waals surface area (Å²) in [7, 11) is 0. The summed E-state index contributed by atoms with van der Waals surface area (Å²) in [4.78, 5) is 13.8. The Bertz CT molecular complexity index is 381. The van der Waals surface area contributed by atoms with Gasteiger partial charge in [0.05, 0.1) is 0 Å². The maximum Gasteiger partial charge on any atom is 0.281 e. The third kappa shape index (κ3) is 1.76. The quantitative estimate of drug-likeness (QED) is 0.750. The van der Waals surface area contributed by atoms with E-state index in [0.29, 0.717) is 6.07 Å². The van der Waals surface area contributed by atoms with Crippen molar-refractivity contribution in [2.45, 2.75) is 6.43 Å². The van der Waals surface area contributed by atoms with E-state index in [1.165, 1.54) is 0 Å². The average Bonchev–Trinajstić information content (AvgIpc) is 2.01. The van der Waals surface area contributed by atoms with E-state index < -0.39 is 35.2 Å². The number of pyridine rings is 1. The molecule has 0 saturated heterocycles. The van der Waals surface area contributed by atoms with Crippen molar-refractivity contribution >= 4 is 11.7 Å². The largest absolute Gasteiger partial charge is 0.384 e. The number of carbonyl (C=O) groups is 1. The highest BCUT2D eigenvalue weighted by atomic mass is 19.3. The fraction of sp³-hybridized carbons (Fsp3) is 0.143. The van der Waals surface area contributed by atoms with Crippen LogP contribution in [0, 0.1) is 5.82 Å². The molecular formula is C7H6F3N3O. The van der Waals surface area contributed by atoms with E-state index in [1.54, 1.807) is 0 Å². The lowest BCUT2D eigenvalue weighted by atomic mass is 10.1. The predicted molar refractivity (Wildman–Crippen MR) is 42.1 cm³/mol. The molecule has 0 bridgehead atoms. The Hall–Kier alpha value is -1.79. The van der Waals surface area contributed by atoms with E-state index >= 15 is 0 Å². The Balaban J connectivity index is 3.44. The van der Waals surface area contributed by atoms with Crippen LogP contribution in [0.2, 0.25) is 0 Å². The van der Waals surface area contributed by atoms with Crippen molar-refractivity contribution in [2.24, 2.45) is 5.73 Å². The van der Waals surface area contributed by atoms with Crippen LogP contribution in [0.3, 0.4) is 0 Å². The first-order valence-corrected chi connectivity index (χ1v) is 3.47. The molecule has 1 heterocycles. The van der Waals surface area contributed by atoms with Crippen molar-refractivity contribution in [3.05, 3.63) is 23.1 Å². The minimum Gasteiger partial charge on any atom is -0.384 e. The summed E-state index contributed by atoms with van der Waals surface area (Å²) >= 11 is 0. The highest BCUT2D eigenvalue weighted by Crippen LogP contribution is 2.23. The van der Waals surface area contributed by atoms with E-state index in [4.69, 9.17) is 11.5 Å². The predicted octanol–water partition coefficient (Wildman–Crippen LogP) is 0.839. The van der Waals surface area contributed by atoms with Crippen LogP contribution in [0.25, 0.3) is 0 Å². The molecule has 0 radical (unpaired) electrons. The minimum atomic E-state index is -3.10. The fourth-order valence-corrected chi connectivity index (χ4v) is 0.953. The molecule has 0 unspecified atom stereocenters. The van der Waals surface area contributed by atoms with Gasteiger partial charge in [0.15, 0.2) is 0 Å². The lowest BCUT2D eigenvalue weighted by molar-refractivity contribution is 0.0978. The summed E-state index contributed by atoms with van der Waals surface area (Å²) in [5.41, 5.74) is 7.79. The van der Waals surface area contributed by atoms with Gasteiger partial charge in [0.2, 0.25) is 0 Å². The maximum absolute atomic E-state index is 13.0. The molecule has 4 N–H and O–H groups in total. The van der Waals surface area contributed by atoms with Crippen LogP contribution >= 0.6 is 0 Å². The first-order chi connectivity index (χ1) is 6.43. The number of nitrogens with zero attached hydrogens (tertiary/aromatic N) is 1. The Morgan fingerprint density at radius 2 is 2.07 bits per heavy atom. The second kappa shape index (κ2) is 3.52. The molecule has 0 atom stereocenters. The second-order valence-corrected chi connectivity index (χ2v) is 2.45. The molecule has 0 aliphatic carbocycles. The minimum absolute atomic E-state index is 0.428. The van der Waals surface area contributed by atoms with Crippen LogP contribution < -0.4 is 11.5 Å². The van der Waals surface area contributed by atoms with Crippen LogP contribution in [-0.4, -0.2) is 10.9 Å². The summed E-state index contributed by atoms with van der Waals surface area (Å²) in [6.07, 6.45) is -3.10. The van der Waals surface area contributed by atoms with Gasteiger partial charge in [-0.3, -0.25) is 4.79 Å². The molecule has 1 aromatic rings. The van der Waals surface area contributed by atoms with Gasteiger partial charge >= 0.3 is 0 Å². The fourth-order valence-electron chi connectivity index (χ4n) is 0.953. The smallest absolute Gasteiger partial charge is 0.281 e. The lowest BCUT2D eigenvalue weighted by Gasteiger charge is -2.06. The number of alkyl halides is 2. The number of halogens is 3. The van der Waals surface area contributed by atoms with E-state index in [2.05, 4.69) is 4.98 Å². The second-order valence-electron chi connectivity index (χ2n) is 2.45. The number of nitrogen functional groups attached to an aromatic ring is 1. The number of carbonyl (C=O) groups excluding carboxylic acids is 1. The third-order valence-electron chi connectivity index (χ3n) is 1.47. The van der Waals surface area contributed by atoms with Gasteiger partial charge < -0.3 is 11.5 Å². The number of anilines is 1. The van der Waals surface area contributed by atoms with Crippen molar-refractivity contribution in [2.75, 3.05) is 5.73 Å². The van der Waals surface area contributed by atoms with Gasteiger partial charge in [0, 0.05) is 6.07 Å². The van der Waals surface area contributed by atoms with Crippen LogP contribution in [-0.2, 0) is 0 Å². The number of aromatic nitrogens is 1. The molecule has 1 aromatic heterocycles. The summed E-state index contributed by atoms with van der Waals surface area (Å²) in [5, 5.41) is 0. The van der Waals surface area contributed by atoms with Crippen molar-refractivity contribution in [3.8, 4) is 0 Å². The third-order valence-corrected chi connectivity index (χ3v) is 1.47. The number of hydrogen-bond donors (Lipinski definition) is 2. The van der Waals surface area contributed by atoms with Crippen LogP contribution in [0.4, 0.5) is 19.0 Å². The molecule has 14 heavy (non-hydrogen) atoms. The molecule has 0 fully saturated rings. The number of nitrogens with two attached hydrogens (primary N) is 2. The molecular weight excluding hydrogens is 199 g/mol. The summed E-state index contributed by atoms with van der Waals surface area (Å²) in [6, 6.07) is 0.659. The summed E-state index contributed by atoms with van der Waals surface area (Å²) in [6.45, 7) is 0. The van der Waals surface area contributed by atoms with E-state index in [-0.39, 0.29) is 0 Å². The van der Waals surface area contributed by atoms with Crippen molar-refractivity contribution in [1.29, 1.82) is 0 Å². The SMILES string of the molecule is NC(=O)c1c(F)cc(N)nc1C(F)F. The first-order valence-electron chi connectivity index (χ1n) is 3.47. The summed E-state index contributed by atoms with van der Waals surface area (Å²) < 4.78 is 37.5. The molecule has 0 aliphatic rings. The van der Waals surface area contributed by atoms with E-state index in [1.807, 2.05) is 0 Å². The Labute approximate surface area is 76.7 Å². The Morgan fingerprint density at radius 1 is 1.50 bits per heavy atom. The molecule has 0 aliphatic heterocycles. The standard InChI is InChI=1S/C7H6F3N3O/c8-2-1-3(11)13-5(6(9)10)4(2)7(12)14/h1,6H,(H2,11,13)(H2,12,14). The van der Waals surface area contributed by atoms with Crippen LogP contribution in [0.1, 0.15) is 22.5 Å². The van der Waals surface area contributed by atoms with Crippen molar-refractivity contribution in [3.63, 3.8) is 0 Å². The topological polar surface area (TPSA) is 82.0 Å². The normalized spacial score (nSPS) is 10.6. The first kappa shape index (κ1) is 10.3. The monoisotopic (exact) mass is 205 g/mol. The van der Waals surface area contributed by atoms with Crippen molar-refractivity contribution in [1.82, 2.24) is 4.98 Å². The molecule has 0 spiro atoms. The Morgan fingerprint density at radius 3 is 2.50 bits per heavy atom. The molecule has 76 valence electrons. The van der Waals surface area contributed by atoms with Gasteiger partial charge in [-0.15, -0.1) is 0 Å². The van der Waals surface area contributed by atoms with Gasteiger partial charge in [-0.1, -0.05) is 0 Å². The number of rotatable bonds is 2. The number of amides is 1. The molecule has 0 aromatic carbocycles. The number of primary amides is 1. The highest BCUT2D eigenvalue weighted by Gasteiger charge is 2.23. The summed E-state index contributed by atoms with van der Waals surface area (Å²) in [5.74, 6) is -2.92. The Kier molecular flexibility index (Phi) is 2.59.